The first kappa shape index (κ1) is 19.7. The van der Waals surface area contributed by atoms with Crippen LogP contribution in [0.4, 0.5) is 0 Å². The summed E-state index contributed by atoms with van der Waals surface area (Å²) in [6.07, 6.45) is 0.295. The molecule has 0 saturated heterocycles. The largest absolute Gasteiger partial charge is 0.492 e. The molecule has 0 fully saturated rings. The number of halogens is 1. The molecule has 0 aliphatic carbocycles. The van der Waals surface area contributed by atoms with Crippen LogP contribution in [-0.2, 0) is 6.42 Å². The zero-order valence-electron chi connectivity index (χ0n) is 14.8. The minimum atomic E-state index is -0.572. The van der Waals surface area contributed by atoms with Crippen molar-refractivity contribution in [1.82, 2.24) is 10.6 Å². The van der Waals surface area contributed by atoms with Crippen LogP contribution in [0.2, 0.25) is 5.02 Å². The van der Waals surface area contributed by atoms with Crippen LogP contribution in [-0.4, -0.2) is 37.9 Å². The Labute approximate surface area is 155 Å². The Hall–Kier alpha value is -1.59. The molecule has 0 bridgehead atoms. The van der Waals surface area contributed by atoms with Gasteiger partial charge in [0.2, 0.25) is 0 Å². The van der Waals surface area contributed by atoms with E-state index >= 15 is 0 Å². The number of aliphatic hydroxyl groups excluding tert-OH is 1. The van der Waals surface area contributed by atoms with Gasteiger partial charge in [0.25, 0.3) is 0 Å². The standard InChI is InChI=1S/C20H27ClN2O2/c1-15(23-14-20(24)17-6-4-7-18(21)13-17)11-16-5-3-8-19(12-16)25-10-9-22-2/h3-8,12-13,15,20,22-24H,9-11,14H2,1-2H3. The third-order valence-corrected chi connectivity index (χ3v) is 4.19. The van der Waals surface area contributed by atoms with Crippen molar-refractivity contribution >= 4 is 11.6 Å². The van der Waals surface area contributed by atoms with Crippen LogP contribution in [0.5, 0.6) is 5.75 Å². The summed E-state index contributed by atoms with van der Waals surface area (Å²) in [4.78, 5) is 0. The highest BCUT2D eigenvalue weighted by molar-refractivity contribution is 6.30. The molecule has 2 aromatic rings. The fourth-order valence-corrected chi connectivity index (χ4v) is 2.80. The van der Waals surface area contributed by atoms with Crippen molar-refractivity contribution in [3.8, 4) is 5.75 Å². The molecule has 4 nitrogen and oxygen atoms in total. The van der Waals surface area contributed by atoms with Gasteiger partial charge in [-0.3, -0.25) is 0 Å². The molecule has 25 heavy (non-hydrogen) atoms. The number of ether oxygens (including phenoxy) is 1. The van der Waals surface area contributed by atoms with Crippen molar-refractivity contribution in [3.05, 3.63) is 64.7 Å². The first-order valence-electron chi connectivity index (χ1n) is 8.61. The molecule has 2 aromatic carbocycles. The van der Waals surface area contributed by atoms with Crippen LogP contribution in [0, 0.1) is 0 Å². The second-order valence-electron chi connectivity index (χ2n) is 6.18. The van der Waals surface area contributed by atoms with Gasteiger partial charge in [0, 0.05) is 24.2 Å². The maximum Gasteiger partial charge on any atom is 0.119 e. The molecule has 0 aliphatic rings. The fourth-order valence-electron chi connectivity index (χ4n) is 2.60. The molecular formula is C20H27ClN2O2. The first-order chi connectivity index (χ1) is 12.1. The average molecular weight is 363 g/mol. The average Bonchev–Trinajstić information content (AvgIpc) is 2.60. The summed E-state index contributed by atoms with van der Waals surface area (Å²) in [6, 6.07) is 15.7. The van der Waals surface area contributed by atoms with E-state index in [9.17, 15) is 5.11 Å². The predicted molar refractivity (Wildman–Crippen MR) is 103 cm³/mol. The Kier molecular flexibility index (Phi) is 8.22. The molecule has 0 aromatic heterocycles. The normalized spacial score (nSPS) is 13.4. The molecule has 0 heterocycles. The lowest BCUT2D eigenvalue weighted by atomic mass is 10.1. The zero-order chi connectivity index (χ0) is 18.1. The van der Waals surface area contributed by atoms with E-state index in [4.69, 9.17) is 16.3 Å². The number of aliphatic hydroxyl groups is 1. The van der Waals surface area contributed by atoms with Crippen LogP contribution in [0.3, 0.4) is 0 Å². The van der Waals surface area contributed by atoms with Gasteiger partial charge in [-0.2, -0.15) is 0 Å². The zero-order valence-corrected chi connectivity index (χ0v) is 15.6. The molecular weight excluding hydrogens is 336 g/mol. The minimum absolute atomic E-state index is 0.237. The molecule has 0 saturated carbocycles. The third-order valence-electron chi connectivity index (χ3n) is 3.95. The molecule has 136 valence electrons. The molecule has 0 radical (unpaired) electrons. The summed E-state index contributed by atoms with van der Waals surface area (Å²) < 4.78 is 5.70. The van der Waals surface area contributed by atoms with Gasteiger partial charge in [-0.25, -0.2) is 0 Å². The molecule has 3 N–H and O–H groups in total. The van der Waals surface area contributed by atoms with E-state index in [-0.39, 0.29) is 6.04 Å². The number of nitrogens with one attached hydrogen (secondary N) is 2. The van der Waals surface area contributed by atoms with Crippen LogP contribution in [0.15, 0.2) is 48.5 Å². The molecule has 2 unspecified atom stereocenters. The van der Waals surface area contributed by atoms with E-state index in [0.29, 0.717) is 18.2 Å². The lowest BCUT2D eigenvalue weighted by Gasteiger charge is -2.18. The smallest absolute Gasteiger partial charge is 0.119 e. The van der Waals surface area contributed by atoms with Gasteiger partial charge in [0.15, 0.2) is 0 Å². The third kappa shape index (κ3) is 7.04. The predicted octanol–water partition coefficient (Wildman–Crippen LogP) is 3.19. The van der Waals surface area contributed by atoms with E-state index in [1.807, 2.05) is 31.3 Å². The number of likely N-dealkylation sites (N-methyl/N-ethyl adjacent to an activating group) is 1. The van der Waals surface area contributed by atoms with Crippen LogP contribution >= 0.6 is 11.6 Å². The summed E-state index contributed by atoms with van der Waals surface area (Å²) in [5.74, 6) is 0.888. The summed E-state index contributed by atoms with van der Waals surface area (Å²) in [6.45, 7) is 4.07. The maximum atomic E-state index is 10.3. The van der Waals surface area contributed by atoms with Gasteiger partial charge in [-0.15, -0.1) is 0 Å². The van der Waals surface area contributed by atoms with Crippen molar-refractivity contribution in [3.63, 3.8) is 0 Å². The van der Waals surface area contributed by atoms with Gasteiger partial charge in [-0.1, -0.05) is 35.9 Å². The number of hydrogen-bond acceptors (Lipinski definition) is 4. The molecule has 2 atom stereocenters. The number of benzene rings is 2. The van der Waals surface area contributed by atoms with Gasteiger partial charge in [0.1, 0.15) is 12.4 Å². The number of hydrogen-bond donors (Lipinski definition) is 3. The van der Waals surface area contributed by atoms with E-state index in [1.54, 1.807) is 12.1 Å². The van der Waals surface area contributed by atoms with Crippen molar-refractivity contribution in [2.45, 2.75) is 25.5 Å². The highest BCUT2D eigenvalue weighted by Gasteiger charge is 2.10. The maximum absolute atomic E-state index is 10.3. The second kappa shape index (κ2) is 10.4. The van der Waals surface area contributed by atoms with Crippen molar-refractivity contribution in [2.24, 2.45) is 0 Å². The fraction of sp³-hybridized carbons (Fsp3) is 0.400. The number of rotatable bonds is 10. The van der Waals surface area contributed by atoms with Crippen LogP contribution < -0.4 is 15.4 Å². The summed E-state index contributed by atoms with van der Waals surface area (Å²) in [7, 11) is 1.91. The lowest BCUT2D eigenvalue weighted by molar-refractivity contribution is 0.170. The van der Waals surface area contributed by atoms with E-state index in [0.717, 1.165) is 24.3 Å². The lowest BCUT2D eigenvalue weighted by Crippen LogP contribution is -2.32. The monoisotopic (exact) mass is 362 g/mol. The van der Waals surface area contributed by atoms with Crippen molar-refractivity contribution < 1.29 is 9.84 Å². The van der Waals surface area contributed by atoms with Gasteiger partial charge in [0.05, 0.1) is 6.10 Å². The Balaban J connectivity index is 1.81. The molecule has 0 spiro atoms. The summed E-state index contributed by atoms with van der Waals surface area (Å²) >= 11 is 5.97. The molecule has 5 heteroatoms. The Morgan fingerprint density at radius 2 is 1.96 bits per heavy atom. The van der Waals surface area contributed by atoms with Gasteiger partial charge >= 0.3 is 0 Å². The van der Waals surface area contributed by atoms with Crippen molar-refractivity contribution in [2.75, 3.05) is 26.7 Å². The Bertz CT molecular complexity index is 651. The van der Waals surface area contributed by atoms with E-state index in [1.165, 1.54) is 5.56 Å². The quantitative estimate of drug-likeness (QED) is 0.568. The first-order valence-corrected chi connectivity index (χ1v) is 8.99. The van der Waals surface area contributed by atoms with Crippen LogP contribution in [0.25, 0.3) is 0 Å². The Morgan fingerprint density at radius 1 is 1.16 bits per heavy atom. The van der Waals surface area contributed by atoms with Crippen molar-refractivity contribution in [1.29, 1.82) is 0 Å². The van der Waals surface area contributed by atoms with Crippen LogP contribution in [0.1, 0.15) is 24.2 Å². The summed E-state index contributed by atoms with van der Waals surface area (Å²) in [5.41, 5.74) is 2.03. The van der Waals surface area contributed by atoms with Gasteiger partial charge in [-0.05, 0) is 55.8 Å². The Morgan fingerprint density at radius 3 is 2.72 bits per heavy atom. The topological polar surface area (TPSA) is 53.5 Å². The van der Waals surface area contributed by atoms with Gasteiger partial charge < -0.3 is 20.5 Å². The SMILES string of the molecule is CNCCOc1cccc(CC(C)NCC(O)c2cccc(Cl)c2)c1. The second-order valence-corrected chi connectivity index (χ2v) is 6.62. The molecule has 2 rings (SSSR count). The van der Waals surface area contributed by atoms with E-state index in [2.05, 4.69) is 29.7 Å². The van der Waals surface area contributed by atoms with E-state index < -0.39 is 6.10 Å². The highest BCUT2D eigenvalue weighted by Crippen LogP contribution is 2.18. The molecule has 0 aliphatic heterocycles. The minimum Gasteiger partial charge on any atom is -0.492 e. The summed E-state index contributed by atoms with van der Waals surface area (Å²) in [5, 5.41) is 17.4. The molecule has 0 amide bonds. The highest BCUT2D eigenvalue weighted by atomic mass is 35.5.